The number of carbonyl (C=O) groups is 2. The average Bonchev–Trinajstić information content (AvgIpc) is 2.64. The zero-order valence-electron chi connectivity index (χ0n) is 15.2. The number of hydrogen-bond acceptors (Lipinski definition) is 4. The first-order valence-electron chi connectivity index (χ1n) is 8.94. The largest absolute Gasteiger partial charge is 0.506 e. The van der Waals surface area contributed by atoms with Crippen LogP contribution >= 0.6 is 0 Å². The molecule has 3 N–H and O–H groups in total. The number of carbonyl (C=O) groups excluding carboxylic acids is 2. The Bertz CT molecular complexity index is 858. The van der Waals surface area contributed by atoms with Crippen LogP contribution < -0.4 is 16.4 Å². The molecule has 140 valence electrons. The minimum Gasteiger partial charge on any atom is -0.506 e. The van der Waals surface area contributed by atoms with E-state index >= 15 is 0 Å². The fourth-order valence-electron chi connectivity index (χ4n) is 2.83. The Balaban J connectivity index is 2.29. The smallest absolute Gasteiger partial charge is 0.279 e. The number of aromatic hydroxyl groups is 1. The van der Waals surface area contributed by atoms with Crippen molar-refractivity contribution in [2.24, 2.45) is 0 Å². The molecule has 2 aromatic rings. The van der Waals surface area contributed by atoms with Crippen molar-refractivity contribution in [1.82, 2.24) is 15.4 Å². The number of pyridine rings is 1. The van der Waals surface area contributed by atoms with E-state index in [2.05, 4.69) is 10.9 Å². The normalized spacial score (nSPS) is 10.7. The van der Waals surface area contributed by atoms with Gasteiger partial charge in [-0.15, -0.1) is 0 Å². The van der Waals surface area contributed by atoms with E-state index in [0.717, 1.165) is 19.3 Å². The number of rotatable bonds is 7. The molecule has 0 fully saturated rings. The highest BCUT2D eigenvalue weighted by Crippen LogP contribution is 2.26. The van der Waals surface area contributed by atoms with Crippen molar-refractivity contribution in [3.63, 3.8) is 0 Å². The Hall–Kier alpha value is -2.83. The summed E-state index contributed by atoms with van der Waals surface area (Å²) < 4.78 is 1.47. The van der Waals surface area contributed by atoms with Gasteiger partial charge in [-0.05, 0) is 25.0 Å². The van der Waals surface area contributed by atoms with Crippen molar-refractivity contribution in [3.8, 4) is 5.75 Å². The van der Waals surface area contributed by atoms with Crippen LogP contribution in [0.25, 0.3) is 10.9 Å². The minimum absolute atomic E-state index is 0.290. The number of amides is 2. The monoisotopic (exact) mass is 359 g/mol. The zero-order chi connectivity index (χ0) is 19.1. The second-order valence-corrected chi connectivity index (χ2v) is 6.16. The third-order valence-electron chi connectivity index (χ3n) is 4.14. The Morgan fingerprint density at radius 2 is 1.81 bits per heavy atom. The van der Waals surface area contributed by atoms with Crippen LogP contribution in [0.2, 0.25) is 0 Å². The van der Waals surface area contributed by atoms with Gasteiger partial charge in [0, 0.05) is 18.4 Å². The van der Waals surface area contributed by atoms with Crippen LogP contribution in [0, 0.1) is 0 Å². The summed E-state index contributed by atoms with van der Waals surface area (Å²) in [7, 11) is 0. The zero-order valence-corrected chi connectivity index (χ0v) is 15.2. The number of hydrazine groups is 1. The molecule has 0 unspecified atom stereocenters. The average molecular weight is 359 g/mol. The Kier molecular flexibility index (Phi) is 6.77. The van der Waals surface area contributed by atoms with Gasteiger partial charge >= 0.3 is 0 Å². The van der Waals surface area contributed by atoms with Gasteiger partial charge in [0.05, 0.1) is 5.52 Å². The predicted octanol–water partition coefficient (Wildman–Crippen LogP) is 2.46. The molecule has 0 aliphatic heterocycles. The lowest BCUT2D eigenvalue weighted by atomic mass is 10.1. The van der Waals surface area contributed by atoms with Crippen molar-refractivity contribution >= 4 is 22.7 Å². The first-order valence-corrected chi connectivity index (χ1v) is 8.94. The maximum Gasteiger partial charge on any atom is 0.279 e. The Morgan fingerprint density at radius 3 is 2.50 bits per heavy atom. The SMILES string of the molecule is CCCCCC(=O)NNC(=O)c1c(O)c2ccccc2n(CCC)c1=O. The van der Waals surface area contributed by atoms with Gasteiger partial charge in [0.2, 0.25) is 5.91 Å². The van der Waals surface area contributed by atoms with Crippen LogP contribution in [-0.2, 0) is 11.3 Å². The number of aromatic nitrogens is 1. The molecule has 7 nitrogen and oxygen atoms in total. The molecule has 26 heavy (non-hydrogen) atoms. The number of aryl methyl sites for hydroxylation is 1. The summed E-state index contributed by atoms with van der Waals surface area (Å²) in [6.07, 6.45) is 3.63. The summed E-state index contributed by atoms with van der Waals surface area (Å²) >= 11 is 0. The number of fused-ring (bicyclic) bond motifs is 1. The van der Waals surface area contributed by atoms with Crippen molar-refractivity contribution in [1.29, 1.82) is 0 Å². The van der Waals surface area contributed by atoms with Crippen LogP contribution in [0.1, 0.15) is 56.3 Å². The molecule has 0 saturated carbocycles. The molecular formula is C19H25N3O4. The summed E-state index contributed by atoms with van der Waals surface area (Å²) in [5, 5.41) is 10.9. The van der Waals surface area contributed by atoms with Gasteiger partial charge in [-0.2, -0.15) is 0 Å². The van der Waals surface area contributed by atoms with Crippen LogP contribution in [-0.4, -0.2) is 21.5 Å². The molecule has 0 bridgehead atoms. The second kappa shape index (κ2) is 9.03. The molecule has 0 aliphatic carbocycles. The van der Waals surface area contributed by atoms with E-state index in [1.807, 2.05) is 13.8 Å². The highest BCUT2D eigenvalue weighted by molar-refractivity contribution is 6.02. The fourth-order valence-corrected chi connectivity index (χ4v) is 2.83. The standard InChI is InChI=1S/C19H25N3O4/c1-3-5-6-11-15(23)20-21-18(25)16-17(24)13-9-7-8-10-14(13)22(12-4-2)19(16)26/h7-10,24H,3-6,11-12H2,1-2H3,(H,20,23)(H,21,25). The summed E-state index contributed by atoms with van der Waals surface area (Å²) in [4.78, 5) is 36.9. The molecule has 1 aromatic carbocycles. The summed E-state index contributed by atoms with van der Waals surface area (Å²) in [6.45, 7) is 4.37. The molecule has 1 aromatic heterocycles. The van der Waals surface area contributed by atoms with Crippen LogP contribution in [0.5, 0.6) is 5.75 Å². The lowest BCUT2D eigenvalue weighted by Gasteiger charge is -2.14. The summed E-state index contributed by atoms with van der Waals surface area (Å²) in [5.74, 6) is -1.54. The first kappa shape index (κ1) is 19.5. The van der Waals surface area contributed by atoms with Crippen LogP contribution in [0.4, 0.5) is 0 Å². The third-order valence-corrected chi connectivity index (χ3v) is 4.14. The molecule has 0 atom stereocenters. The lowest BCUT2D eigenvalue weighted by molar-refractivity contribution is -0.122. The van der Waals surface area contributed by atoms with E-state index < -0.39 is 11.5 Å². The van der Waals surface area contributed by atoms with Crippen molar-refractivity contribution in [2.45, 2.75) is 52.5 Å². The topological polar surface area (TPSA) is 100 Å². The van der Waals surface area contributed by atoms with E-state index in [1.54, 1.807) is 24.3 Å². The molecule has 7 heteroatoms. The lowest BCUT2D eigenvalue weighted by Crippen LogP contribution is -2.44. The van der Waals surface area contributed by atoms with Crippen LogP contribution in [0.3, 0.4) is 0 Å². The van der Waals surface area contributed by atoms with E-state index in [4.69, 9.17) is 0 Å². The Labute approximate surface area is 152 Å². The number of benzene rings is 1. The van der Waals surface area contributed by atoms with Gasteiger partial charge < -0.3 is 9.67 Å². The summed E-state index contributed by atoms with van der Waals surface area (Å²) in [5.41, 5.74) is 4.14. The van der Waals surface area contributed by atoms with Crippen molar-refractivity contribution in [2.75, 3.05) is 0 Å². The van der Waals surface area contributed by atoms with Crippen LogP contribution in [0.15, 0.2) is 29.1 Å². The highest BCUT2D eigenvalue weighted by atomic mass is 16.3. The molecule has 0 saturated heterocycles. The van der Waals surface area contributed by atoms with E-state index in [0.29, 0.717) is 23.9 Å². The molecule has 2 rings (SSSR count). The maximum absolute atomic E-state index is 12.7. The third kappa shape index (κ3) is 4.22. The van der Waals surface area contributed by atoms with Crippen molar-refractivity contribution < 1.29 is 14.7 Å². The van der Waals surface area contributed by atoms with Gasteiger partial charge in [0.25, 0.3) is 11.5 Å². The fraction of sp³-hybridized carbons (Fsp3) is 0.421. The van der Waals surface area contributed by atoms with Gasteiger partial charge in [-0.25, -0.2) is 0 Å². The second-order valence-electron chi connectivity index (χ2n) is 6.16. The van der Waals surface area contributed by atoms with E-state index in [9.17, 15) is 19.5 Å². The number of para-hydroxylation sites is 1. The minimum atomic E-state index is -0.827. The number of unbranched alkanes of at least 4 members (excludes halogenated alkanes) is 2. The van der Waals surface area contributed by atoms with Gasteiger partial charge in [-0.1, -0.05) is 38.8 Å². The van der Waals surface area contributed by atoms with Crippen molar-refractivity contribution in [3.05, 3.63) is 40.2 Å². The maximum atomic E-state index is 12.7. The number of nitrogens with zero attached hydrogens (tertiary/aromatic N) is 1. The molecule has 2 amide bonds. The summed E-state index contributed by atoms with van der Waals surface area (Å²) in [6, 6.07) is 6.86. The van der Waals surface area contributed by atoms with E-state index in [1.165, 1.54) is 4.57 Å². The molecular weight excluding hydrogens is 334 g/mol. The highest BCUT2D eigenvalue weighted by Gasteiger charge is 2.22. The molecule has 0 radical (unpaired) electrons. The molecule has 0 spiro atoms. The first-order chi connectivity index (χ1) is 12.5. The van der Waals surface area contributed by atoms with E-state index in [-0.39, 0.29) is 23.6 Å². The molecule has 1 heterocycles. The Morgan fingerprint density at radius 1 is 1.08 bits per heavy atom. The molecule has 0 aliphatic rings. The number of hydrogen-bond donors (Lipinski definition) is 3. The van der Waals surface area contributed by atoms with Gasteiger partial charge in [0.15, 0.2) is 0 Å². The number of nitrogens with one attached hydrogen (secondary N) is 2. The quantitative estimate of drug-likeness (QED) is 0.522. The van der Waals surface area contributed by atoms with Gasteiger partial charge in [-0.3, -0.25) is 25.2 Å². The predicted molar refractivity (Wildman–Crippen MR) is 99.9 cm³/mol. The van der Waals surface area contributed by atoms with Gasteiger partial charge in [0.1, 0.15) is 11.3 Å².